The van der Waals surface area contributed by atoms with Crippen molar-refractivity contribution in [2.24, 2.45) is 0 Å². The summed E-state index contributed by atoms with van der Waals surface area (Å²) < 4.78 is 0. The van der Waals surface area contributed by atoms with E-state index in [0.29, 0.717) is 5.56 Å². The molecule has 1 aliphatic heterocycles. The molecule has 0 saturated carbocycles. The molecule has 2 atom stereocenters. The zero-order chi connectivity index (χ0) is 13.0. The van der Waals surface area contributed by atoms with E-state index in [1.54, 1.807) is 30.4 Å². The number of fused-ring (bicyclic) bond motifs is 1. The number of aliphatic hydroxyl groups is 1. The van der Waals surface area contributed by atoms with Crippen LogP contribution in [0.25, 0.3) is 6.08 Å². The van der Waals surface area contributed by atoms with E-state index in [1.165, 1.54) is 0 Å². The number of benzene rings is 1. The third-order valence-corrected chi connectivity index (χ3v) is 2.76. The van der Waals surface area contributed by atoms with Gasteiger partial charge in [-0.05, 0) is 24.6 Å². The van der Waals surface area contributed by atoms with Crippen molar-refractivity contribution in [2.75, 3.05) is 0 Å². The summed E-state index contributed by atoms with van der Waals surface area (Å²) in [6.07, 6.45) is 5.59. The van der Waals surface area contributed by atoms with Gasteiger partial charge in [0.05, 0.1) is 0 Å². The summed E-state index contributed by atoms with van der Waals surface area (Å²) in [7, 11) is 0. The lowest BCUT2D eigenvalue weighted by atomic mass is 10.0. The maximum absolute atomic E-state index is 9.80. The van der Waals surface area contributed by atoms with Crippen LogP contribution in [0.1, 0.15) is 18.1 Å². The fraction of sp³-hybridized carbons (Fsp3) is 0.286. The molecule has 2 unspecified atom stereocenters. The van der Waals surface area contributed by atoms with Crippen LogP contribution >= 0.6 is 0 Å². The van der Waals surface area contributed by atoms with E-state index in [1.807, 2.05) is 19.1 Å². The summed E-state index contributed by atoms with van der Waals surface area (Å²) in [6, 6.07) is 5.24. The molecule has 4 nitrogen and oxygen atoms in total. The number of phenols is 1. The van der Waals surface area contributed by atoms with Gasteiger partial charge in [-0.15, -0.1) is 0 Å². The molecular formula is C14H16O4. The van der Waals surface area contributed by atoms with Crippen molar-refractivity contribution >= 4 is 6.08 Å². The van der Waals surface area contributed by atoms with Crippen LogP contribution in [-0.2, 0) is 16.4 Å². The Morgan fingerprint density at radius 2 is 2.28 bits per heavy atom. The Balaban J connectivity index is 2.26. The van der Waals surface area contributed by atoms with Gasteiger partial charge in [-0.3, -0.25) is 0 Å². The molecule has 0 aliphatic carbocycles. The Bertz CT molecular complexity index is 465. The van der Waals surface area contributed by atoms with Gasteiger partial charge in [0.15, 0.2) is 0 Å². The minimum atomic E-state index is -0.759. The van der Waals surface area contributed by atoms with Crippen molar-refractivity contribution in [1.82, 2.24) is 0 Å². The van der Waals surface area contributed by atoms with E-state index >= 15 is 0 Å². The highest BCUT2D eigenvalue weighted by Crippen LogP contribution is 2.25. The Kier molecular flexibility index (Phi) is 4.15. The normalized spacial score (nSPS) is 23.1. The fourth-order valence-electron chi connectivity index (χ4n) is 1.78. The molecule has 1 aromatic rings. The second-order valence-electron chi connectivity index (χ2n) is 4.04. The fourth-order valence-corrected chi connectivity index (χ4v) is 1.78. The maximum atomic E-state index is 9.80. The minimum Gasteiger partial charge on any atom is -0.508 e. The molecule has 4 heteroatoms. The standard InChI is InChI=1S/C14H16O4/c1-2-4-13(16)14-8-7-10-5-3-6-12(15)11(10)9-17-18-14/h2-8,13-16H,9H2,1H3/b4-2+,8-7-. The topological polar surface area (TPSA) is 58.9 Å². The average molecular weight is 248 g/mol. The van der Waals surface area contributed by atoms with Crippen LogP contribution in [0.3, 0.4) is 0 Å². The first-order chi connectivity index (χ1) is 8.72. The number of rotatable bonds is 2. The Hall–Kier alpha value is -1.62. The summed E-state index contributed by atoms with van der Waals surface area (Å²) in [5.41, 5.74) is 1.53. The number of aromatic hydroxyl groups is 1. The molecule has 18 heavy (non-hydrogen) atoms. The van der Waals surface area contributed by atoms with Crippen LogP contribution in [0, 0.1) is 0 Å². The number of phenolic OH excluding ortho intramolecular Hbond substituents is 1. The van der Waals surface area contributed by atoms with Gasteiger partial charge in [0.25, 0.3) is 0 Å². The molecule has 2 rings (SSSR count). The smallest absolute Gasteiger partial charge is 0.141 e. The van der Waals surface area contributed by atoms with Crippen molar-refractivity contribution in [2.45, 2.75) is 25.7 Å². The molecule has 0 aromatic heterocycles. The van der Waals surface area contributed by atoms with Gasteiger partial charge in [0.1, 0.15) is 24.6 Å². The Morgan fingerprint density at radius 3 is 3.06 bits per heavy atom. The van der Waals surface area contributed by atoms with Gasteiger partial charge in [-0.1, -0.05) is 30.4 Å². The average Bonchev–Trinajstić information content (AvgIpc) is 2.31. The highest BCUT2D eigenvalue weighted by atomic mass is 17.2. The first-order valence-corrected chi connectivity index (χ1v) is 5.80. The minimum absolute atomic E-state index is 0.144. The SMILES string of the molecule is C/C=C/C(O)C1/C=C\c2cccc(O)c2COO1. The second-order valence-corrected chi connectivity index (χ2v) is 4.04. The van der Waals surface area contributed by atoms with E-state index in [2.05, 4.69) is 0 Å². The lowest BCUT2D eigenvalue weighted by Crippen LogP contribution is -2.26. The monoisotopic (exact) mass is 248 g/mol. The van der Waals surface area contributed by atoms with E-state index in [-0.39, 0.29) is 12.4 Å². The van der Waals surface area contributed by atoms with Crippen LogP contribution in [0.2, 0.25) is 0 Å². The molecule has 96 valence electrons. The quantitative estimate of drug-likeness (QED) is 0.622. The molecule has 2 N–H and O–H groups in total. The third kappa shape index (κ3) is 2.79. The lowest BCUT2D eigenvalue weighted by Gasteiger charge is -2.19. The lowest BCUT2D eigenvalue weighted by molar-refractivity contribution is -0.332. The van der Waals surface area contributed by atoms with Gasteiger partial charge < -0.3 is 10.2 Å². The summed E-state index contributed by atoms with van der Waals surface area (Å²) >= 11 is 0. The van der Waals surface area contributed by atoms with E-state index in [4.69, 9.17) is 9.78 Å². The Morgan fingerprint density at radius 1 is 1.44 bits per heavy atom. The van der Waals surface area contributed by atoms with Crippen LogP contribution in [0.15, 0.2) is 36.4 Å². The number of hydrogen-bond donors (Lipinski definition) is 2. The van der Waals surface area contributed by atoms with Crippen molar-refractivity contribution < 1.29 is 20.0 Å². The predicted molar refractivity (Wildman–Crippen MR) is 67.6 cm³/mol. The predicted octanol–water partition coefficient (Wildman–Crippen LogP) is 2.17. The summed E-state index contributed by atoms with van der Waals surface area (Å²) in [4.78, 5) is 10.2. The van der Waals surface area contributed by atoms with Crippen LogP contribution in [0.4, 0.5) is 0 Å². The molecule has 1 aliphatic rings. The van der Waals surface area contributed by atoms with Gasteiger partial charge in [0, 0.05) is 5.56 Å². The maximum Gasteiger partial charge on any atom is 0.141 e. The van der Waals surface area contributed by atoms with Crippen LogP contribution in [-0.4, -0.2) is 22.4 Å². The summed E-state index contributed by atoms with van der Waals surface area (Å²) in [5.74, 6) is 0.174. The summed E-state index contributed by atoms with van der Waals surface area (Å²) in [5, 5.41) is 19.5. The molecule has 1 aromatic carbocycles. The summed E-state index contributed by atoms with van der Waals surface area (Å²) in [6.45, 7) is 1.97. The Labute approximate surface area is 106 Å². The largest absolute Gasteiger partial charge is 0.508 e. The zero-order valence-corrected chi connectivity index (χ0v) is 10.1. The molecule has 0 radical (unpaired) electrons. The van der Waals surface area contributed by atoms with Crippen molar-refractivity contribution in [3.63, 3.8) is 0 Å². The number of aliphatic hydroxyl groups excluding tert-OH is 1. The van der Waals surface area contributed by atoms with Crippen molar-refractivity contribution in [1.29, 1.82) is 0 Å². The number of allylic oxidation sites excluding steroid dienone is 1. The molecule has 0 amide bonds. The molecule has 1 heterocycles. The molecular weight excluding hydrogens is 232 g/mol. The van der Waals surface area contributed by atoms with Gasteiger partial charge >= 0.3 is 0 Å². The van der Waals surface area contributed by atoms with Crippen LogP contribution in [0.5, 0.6) is 5.75 Å². The van der Waals surface area contributed by atoms with Gasteiger partial charge in [-0.2, -0.15) is 0 Å². The highest BCUT2D eigenvalue weighted by Gasteiger charge is 2.18. The van der Waals surface area contributed by atoms with E-state index in [0.717, 1.165) is 5.56 Å². The first-order valence-electron chi connectivity index (χ1n) is 5.80. The second kappa shape index (κ2) is 5.82. The van der Waals surface area contributed by atoms with Crippen LogP contribution < -0.4 is 0 Å². The molecule has 0 bridgehead atoms. The number of hydrogen-bond acceptors (Lipinski definition) is 4. The van der Waals surface area contributed by atoms with Crippen molar-refractivity contribution in [3.05, 3.63) is 47.6 Å². The first kappa shape index (κ1) is 12.8. The van der Waals surface area contributed by atoms with Crippen molar-refractivity contribution in [3.8, 4) is 5.75 Å². The van der Waals surface area contributed by atoms with E-state index in [9.17, 15) is 10.2 Å². The molecule has 0 spiro atoms. The third-order valence-electron chi connectivity index (χ3n) is 2.76. The zero-order valence-electron chi connectivity index (χ0n) is 10.1. The molecule has 0 saturated heterocycles. The highest BCUT2D eigenvalue weighted by molar-refractivity contribution is 5.58. The van der Waals surface area contributed by atoms with Gasteiger partial charge in [0.2, 0.25) is 0 Å². The van der Waals surface area contributed by atoms with Gasteiger partial charge in [-0.25, -0.2) is 9.78 Å². The van der Waals surface area contributed by atoms with E-state index < -0.39 is 12.2 Å². The molecule has 0 fully saturated rings.